The minimum Gasteiger partial charge on any atom is -0.383 e. The van der Waals surface area contributed by atoms with E-state index in [1.807, 2.05) is 0 Å². The molecule has 1 rings (SSSR count). The van der Waals surface area contributed by atoms with Gasteiger partial charge in [0.2, 0.25) is 0 Å². The molecule has 0 saturated carbocycles. The molecule has 0 aliphatic rings. The third kappa shape index (κ3) is 4.22. The lowest BCUT2D eigenvalue weighted by Crippen LogP contribution is -2.37. The standard InChI is InChI=1S/C17H30N2O/c1-6-16(18-7-2)15-11-9-10-12-17(15)19(8-3)14(4)13-20-5/h9-12,14,16,18H,6-8,13H2,1-5H3. The molecule has 3 nitrogen and oxygen atoms in total. The monoisotopic (exact) mass is 278 g/mol. The number of para-hydroxylation sites is 1. The molecule has 0 aliphatic carbocycles. The number of ether oxygens (including phenoxy) is 1. The van der Waals surface area contributed by atoms with Crippen LogP contribution in [0.4, 0.5) is 5.69 Å². The lowest BCUT2D eigenvalue weighted by atomic mass is 10.0. The fourth-order valence-electron chi connectivity index (χ4n) is 2.81. The van der Waals surface area contributed by atoms with E-state index in [4.69, 9.17) is 4.74 Å². The van der Waals surface area contributed by atoms with Crippen molar-refractivity contribution in [3.05, 3.63) is 29.8 Å². The number of methoxy groups -OCH3 is 1. The fourth-order valence-corrected chi connectivity index (χ4v) is 2.81. The Morgan fingerprint density at radius 3 is 2.45 bits per heavy atom. The lowest BCUT2D eigenvalue weighted by molar-refractivity contribution is 0.182. The van der Waals surface area contributed by atoms with E-state index in [0.717, 1.165) is 26.1 Å². The molecule has 2 atom stereocenters. The Labute approximate surface area is 124 Å². The van der Waals surface area contributed by atoms with Crippen molar-refractivity contribution in [2.45, 2.75) is 46.2 Å². The second kappa shape index (κ2) is 8.98. The van der Waals surface area contributed by atoms with Crippen molar-refractivity contribution in [1.29, 1.82) is 0 Å². The van der Waals surface area contributed by atoms with Gasteiger partial charge < -0.3 is 15.0 Å². The molecule has 20 heavy (non-hydrogen) atoms. The average Bonchev–Trinajstić information content (AvgIpc) is 2.46. The molecule has 0 amide bonds. The summed E-state index contributed by atoms with van der Waals surface area (Å²) in [6, 6.07) is 9.53. The molecule has 0 fully saturated rings. The van der Waals surface area contributed by atoms with E-state index in [-0.39, 0.29) is 0 Å². The Balaban J connectivity index is 3.08. The number of benzene rings is 1. The maximum Gasteiger partial charge on any atom is 0.0663 e. The van der Waals surface area contributed by atoms with E-state index in [1.165, 1.54) is 11.3 Å². The van der Waals surface area contributed by atoms with E-state index in [2.05, 4.69) is 62.2 Å². The highest BCUT2D eigenvalue weighted by Crippen LogP contribution is 2.29. The van der Waals surface area contributed by atoms with E-state index >= 15 is 0 Å². The topological polar surface area (TPSA) is 24.5 Å². The maximum atomic E-state index is 5.32. The smallest absolute Gasteiger partial charge is 0.0663 e. The summed E-state index contributed by atoms with van der Waals surface area (Å²) in [4.78, 5) is 2.43. The highest BCUT2D eigenvalue weighted by molar-refractivity contribution is 5.55. The molecule has 1 N–H and O–H groups in total. The summed E-state index contributed by atoms with van der Waals surface area (Å²) in [6.07, 6.45) is 1.10. The van der Waals surface area contributed by atoms with Crippen molar-refractivity contribution in [3.8, 4) is 0 Å². The number of likely N-dealkylation sites (N-methyl/N-ethyl adjacent to an activating group) is 1. The Morgan fingerprint density at radius 1 is 1.20 bits per heavy atom. The Morgan fingerprint density at radius 2 is 1.90 bits per heavy atom. The van der Waals surface area contributed by atoms with Crippen molar-refractivity contribution in [2.75, 3.05) is 31.7 Å². The minimum atomic E-state index is 0.380. The van der Waals surface area contributed by atoms with Crippen LogP contribution in [0.25, 0.3) is 0 Å². The quantitative estimate of drug-likeness (QED) is 0.747. The van der Waals surface area contributed by atoms with Crippen molar-refractivity contribution >= 4 is 5.69 Å². The summed E-state index contributed by atoms with van der Waals surface area (Å²) in [6.45, 7) is 11.6. The van der Waals surface area contributed by atoms with Gasteiger partial charge in [-0.25, -0.2) is 0 Å². The summed E-state index contributed by atoms with van der Waals surface area (Å²) >= 11 is 0. The number of nitrogens with one attached hydrogen (secondary N) is 1. The van der Waals surface area contributed by atoms with Gasteiger partial charge in [0, 0.05) is 31.4 Å². The van der Waals surface area contributed by atoms with E-state index in [0.29, 0.717) is 12.1 Å². The van der Waals surface area contributed by atoms with Gasteiger partial charge in [-0.15, -0.1) is 0 Å². The lowest BCUT2D eigenvalue weighted by Gasteiger charge is -2.33. The summed E-state index contributed by atoms with van der Waals surface area (Å²) < 4.78 is 5.32. The van der Waals surface area contributed by atoms with E-state index in [1.54, 1.807) is 7.11 Å². The first-order chi connectivity index (χ1) is 9.69. The van der Waals surface area contributed by atoms with Crippen LogP contribution < -0.4 is 10.2 Å². The van der Waals surface area contributed by atoms with Gasteiger partial charge >= 0.3 is 0 Å². The Bertz CT molecular complexity index is 381. The van der Waals surface area contributed by atoms with Crippen LogP contribution >= 0.6 is 0 Å². The molecule has 0 radical (unpaired) electrons. The molecule has 2 unspecified atom stereocenters. The van der Waals surface area contributed by atoms with E-state index in [9.17, 15) is 0 Å². The van der Waals surface area contributed by atoms with Crippen LogP contribution in [0.2, 0.25) is 0 Å². The average molecular weight is 278 g/mol. The van der Waals surface area contributed by atoms with Gasteiger partial charge in [-0.1, -0.05) is 32.0 Å². The Kier molecular flexibility index (Phi) is 7.63. The number of rotatable bonds is 9. The summed E-state index contributed by atoms with van der Waals surface area (Å²) in [7, 11) is 1.77. The molecule has 0 heterocycles. The van der Waals surface area contributed by atoms with Gasteiger partial charge in [-0.2, -0.15) is 0 Å². The van der Waals surface area contributed by atoms with Gasteiger partial charge in [0.1, 0.15) is 0 Å². The van der Waals surface area contributed by atoms with Gasteiger partial charge in [0.05, 0.1) is 6.61 Å². The Hall–Kier alpha value is -1.06. The van der Waals surface area contributed by atoms with Gasteiger partial charge in [0.15, 0.2) is 0 Å². The largest absolute Gasteiger partial charge is 0.383 e. The molecule has 1 aromatic carbocycles. The predicted octanol–water partition coefficient (Wildman–Crippen LogP) is 3.61. The van der Waals surface area contributed by atoms with Crippen LogP contribution in [0.5, 0.6) is 0 Å². The van der Waals surface area contributed by atoms with Crippen LogP contribution in [0, 0.1) is 0 Å². The third-order valence-corrected chi connectivity index (χ3v) is 3.76. The molecular formula is C17H30N2O. The second-order valence-electron chi connectivity index (χ2n) is 5.17. The van der Waals surface area contributed by atoms with Crippen molar-refractivity contribution in [3.63, 3.8) is 0 Å². The molecule has 3 heteroatoms. The summed E-state index contributed by atoms with van der Waals surface area (Å²) in [5.41, 5.74) is 2.72. The maximum absolute atomic E-state index is 5.32. The summed E-state index contributed by atoms with van der Waals surface area (Å²) in [5, 5.41) is 3.58. The molecule has 114 valence electrons. The zero-order valence-electron chi connectivity index (χ0n) is 13.6. The van der Waals surface area contributed by atoms with Gasteiger partial charge in [-0.05, 0) is 38.4 Å². The second-order valence-corrected chi connectivity index (χ2v) is 5.17. The summed E-state index contributed by atoms with van der Waals surface area (Å²) in [5.74, 6) is 0. The van der Waals surface area contributed by atoms with Gasteiger partial charge in [0.25, 0.3) is 0 Å². The van der Waals surface area contributed by atoms with Crippen LogP contribution in [-0.4, -0.2) is 32.8 Å². The third-order valence-electron chi connectivity index (χ3n) is 3.76. The minimum absolute atomic E-state index is 0.380. The number of nitrogens with zero attached hydrogens (tertiary/aromatic N) is 1. The zero-order chi connectivity index (χ0) is 15.0. The highest BCUT2D eigenvalue weighted by atomic mass is 16.5. The highest BCUT2D eigenvalue weighted by Gasteiger charge is 2.19. The van der Waals surface area contributed by atoms with Crippen LogP contribution in [0.15, 0.2) is 24.3 Å². The first kappa shape index (κ1) is 17.0. The number of hydrogen-bond donors (Lipinski definition) is 1. The number of hydrogen-bond acceptors (Lipinski definition) is 3. The van der Waals surface area contributed by atoms with Gasteiger partial charge in [-0.3, -0.25) is 0 Å². The molecule has 0 aromatic heterocycles. The zero-order valence-corrected chi connectivity index (χ0v) is 13.6. The molecule has 0 bridgehead atoms. The molecule has 0 saturated heterocycles. The fraction of sp³-hybridized carbons (Fsp3) is 0.647. The normalized spacial score (nSPS) is 14.1. The van der Waals surface area contributed by atoms with Crippen LogP contribution in [0.3, 0.4) is 0 Å². The van der Waals surface area contributed by atoms with Crippen LogP contribution in [0.1, 0.15) is 45.7 Å². The molecule has 0 spiro atoms. The molecule has 0 aliphatic heterocycles. The predicted molar refractivity (Wildman–Crippen MR) is 87.5 cm³/mol. The first-order valence-corrected chi connectivity index (χ1v) is 7.77. The SMILES string of the molecule is CCNC(CC)c1ccccc1N(CC)C(C)COC. The molecule has 1 aromatic rings. The van der Waals surface area contributed by atoms with Crippen molar-refractivity contribution < 1.29 is 4.74 Å². The first-order valence-electron chi connectivity index (χ1n) is 7.77. The van der Waals surface area contributed by atoms with Crippen LogP contribution in [-0.2, 0) is 4.74 Å². The van der Waals surface area contributed by atoms with E-state index < -0.39 is 0 Å². The molecular weight excluding hydrogens is 248 g/mol. The van der Waals surface area contributed by atoms with Crippen molar-refractivity contribution in [2.24, 2.45) is 0 Å². The van der Waals surface area contributed by atoms with Crippen molar-refractivity contribution in [1.82, 2.24) is 5.32 Å². The number of anilines is 1.